The minimum Gasteiger partial charge on any atom is -0.350 e. The molecule has 0 radical (unpaired) electrons. The Morgan fingerprint density at radius 2 is 1.96 bits per heavy atom. The molecule has 1 saturated heterocycles. The van der Waals surface area contributed by atoms with E-state index in [2.05, 4.69) is 22.9 Å². The van der Waals surface area contributed by atoms with Crippen molar-refractivity contribution in [1.82, 2.24) is 10.6 Å². The topological polar surface area (TPSA) is 96.3 Å². The summed E-state index contributed by atoms with van der Waals surface area (Å²) in [6, 6.07) is 13.8. The molecule has 2 unspecified atom stereocenters. The average Bonchev–Trinajstić information content (AvgIpc) is 2.64. The lowest BCUT2D eigenvalue weighted by Crippen LogP contribution is -2.48. The molecular formula is C19H23ClN4O3. The number of hydrogen-bond donors (Lipinski definition) is 3. The van der Waals surface area contributed by atoms with Gasteiger partial charge in [-0.05, 0) is 49.7 Å². The number of carbonyl (C=O) groups is 1. The van der Waals surface area contributed by atoms with E-state index in [1.54, 1.807) is 12.1 Å². The van der Waals surface area contributed by atoms with E-state index >= 15 is 0 Å². The van der Waals surface area contributed by atoms with E-state index in [0.29, 0.717) is 17.2 Å². The summed E-state index contributed by atoms with van der Waals surface area (Å²) >= 11 is 0. The van der Waals surface area contributed by atoms with Crippen molar-refractivity contribution in [2.45, 2.75) is 19.4 Å². The highest BCUT2D eigenvalue weighted by molar-refractivity contribution is 5.96. The number of piperidine rings is 1. The van der Waals surface area contributed by atoms with Crippen molar-refractivity contribution in [3.63, 3.8) is 0 Å². The second-order valence-electron chi connectivity index (χ2n) is 6.53. The normalized spacial score (nSPS) is 18.9. The lowest BCUT2D eigenvalue weighted by atomic mass is 9.95. The van der Waals surface area contributed by atoms with Crippen LogP contribution in [-0.4, -0.2) is 30.0 Å². The van der Waals surface area contributed by atoms with Gasteiger partial charge in [0, 0.05) is 23.4 Å². The lowest BCUT2D eigenvalue weighted by Gasteiger charge is -2.30. The molecule has 2 atom stereocenters. The van der Waals surface area contributed by atoms with Gasteiger partial charge in [-0.3, -0.25) is 14.9 Å². The number of amides is 1. The minimum absolute atomic E-state index is 0. The summed E-state index contributed by atoms with van der Waals surface area (Å²) in [6.07, 6.45) is 0.850. The summed E-state index contributed by atoms with van der Waals surface area (Å²) in [5.41, 5.74) is 1.27. The van der Waals surface area contributed by atoms with Crippen LogP contribution >= 0.6 is 12.4 Å². The van der Waals surface area contributed by atoms with Gasteiger partial charge in [0.15, 0.2) is 0 Å². The largest absolute Gasteiger partial charge is 0.350 e. The third-order valence-corrected chi connectivity index (χ3v) is 4.61. The van der Waals surface area contributed by atoms with Crippen LogP contribution in [0.3, 0.4) is 0 Å². The van der Waals surface area contributed by atoms with Gasteiger partial charge in [0.05, 0.1) is 4.92 Å². The average molecular weight is 391 g/mol. The van der Waals surface area contributed by atoms with Crippen LogP contribution in [-0.2, 0) is 0 Å². The van der Waals surface area contributed by atoms with E-state index in [-0.39, 0.29) is 30.0 Å². The number of rotatable bonds is 5. The van der Waals surface area contributed by atoms with Crippen LogP contribution in [0.1, 0.15) is 23.7 Å². The van der Waals surface area contributed by atoms with Crippen LogP contribution in [0.5, 0.6) is 0 Å². The number of nitrogens with one attached hydrogen (secondary N) is 3. The number of anilines is 2. The maximum Gasteiger partial charge on any atom is 0.293 e. The number of benzene rings is 2. The highest BCUT2D eigenvalue weighted by atomic mass is 35.5. The van der Waals surface area contributed by atoms with Crippen molar-refractivity contribution in [3.8, 4) is 0 Å². The molecule has 1 aliphatic heterocycles. The first-order valence-corrected chi connectivity index (χ1v) is 8.66. The predicted octanol–water partition coefficient (Wildman–Crippen LogP) is 3.49. The van der Waals surface area contributed by atoms with E-state index in [0.717, 1.165) is 25.2 Å². The molecule has 2 aromatic carbocycles. The molecule has 7 nitrogen and oxygen atoms in total. The van der Waals surface area contributed by atoms with Gasteiger partial charge in [0.2, 0.25) is 0 Å². The highest BCUT2D eigenvalue weighted by Crippen LogP contribution is 2.28. The van der Waals surface area contributed by atoms with Crippen molar-refractivity contribution in [3.05, 3.63) is 64.2 Å². The molecule has 1 fully saturated rings. The molecule has 0 aromatic heterocycles. The molecule has 0 bridgehead atoms. The van der Waals surface area contributed by atoms with Crippen LogP contribution in [0.25, 0.3) is 0 Å². The maximum absolute atomic E-state index is 12.5. The molecule has 3 N–H and O–H groups in total. The molecular weight excluding hydrogens is 368 g/mol. The summed E-state index contributed by atoms with van der Waals surface area (Å²) in [6.45, 7) is 3.78. The van der Waals surface area contributed by atoms with Crippen molar-refractivity contribution in [2.75, 3.05) is 18.4 Å². The molecule has 0 spiro atoms. The zero-order chi connectivity index (χ0) is 18.5. The van der Waals surface area contributed by atoms with E-state index in [1.165, 1.54) is 6.07 Å². The van der Waals surface area contributed by atoms with Gasteiger partial charge in [0.1, 0.15) is 5.69 Å². The van der Waals surface area contributed by atoms with E-state index in [4.69, 9.17) is 0 Å². The Bertz CT molecular complexity index is 801. The van der Waals surface area contributed by atoms with Gasteiger partial charge in [-0.1, -0.05) is 25.1 Å². The number of carbonyl (C=O) groups excluding carboxylic acids is 1. The summed E-state index contributed by atoms with van der Waals surface area (Å²) in [4.78, 5) is 23.5. The molecule has 144 valence electrons. The van der Waals surface area contributed by atoms with Gasteiger partial charge < -0.3 is 16.0 Å². The third-order valence-electron chi connectivity index (χ3n) is 4.61. The molecule has 8 heteroatoms. The fourth-order valence-corrected chi connectivity index (χ4v) is 3.09. The first-order valence-electron chi connectivity index (χ1n) is 8.66. The standard InChI is InChI=1S/C19H22N4O3.ClH/c1-13-12-20-10-9-16(13)22-19(24)14-7-8-17(18(11-14)23(25)26)21-15-5-3-2-4-6-15;/h2-8,11,13,16,20-21H,9-10,12H2,1H3,(H,22,24);1H. The molecule has 27 heavy (non-hydrogen) atoms. The fourth-order valence-electron chi connectivity index (χ4n) is 3.09. The van der Waals surface area contributed by atoms with Crippen molar-refractivity contribution in [2.24, 2.45) is 5.92 Å². The fraction of sp³-hybridized carbons (Fsp3) is 0.316. The van der Waals surface area contributed by atoms with E-state index in [1.807, 2.05) is 30.3 Å². The number of hydrogen-bond acceptors (Lipinski definition) is 5. The summed E-state index contributed by atoms with van der Waals surface area (Å²) < 4.78 is 0. The van der Waals surface area contributed by atoms with Crippen molar-refractivity contribution in [1.29, 1.82) is 0 Å². The molecule has 1 aliphatic rings. The van der Waals surface area contributed by atoms with Crippen molar-refractivity contribution < 1.29 is 9.72 Å². The summed E-state index contributed by atoms with van der Waals surface area (Å²) in [5, 5.41) is 20.8. The SMILES string of the molecule is CC1CNCCC1NC(=O)c1ccc(Nc2ccccc2)c([N+](=O)[O-])c1.Cl. The molecule has 1 amide bonds. The van der Waals surface area contributed by atoms with Gasteiger partial charge in [-0.2, -0.15) is 0 Å². The van der Waals surface area contributed by atoms with E-state index in [9.17, 15) is 14.9 Å². The molecule has 1 heterocycles. The van der Waals surface area contributed by atoms with Crippen molar-refractivity contribution >= 4 is 35.4 Å². The Balaban J connectivity index is 0.00000261. The number of nitrogens with zero attached hydrogens (tertiary/aromatic N) is 1. The van der Waals surface area contributed by atoms with Gasteiger partial charge in [-0.25, -0.2) is 0 Å². The second kappa shape index (κ2) is 9.34. The molecule has 2 aromatic rings. The van der Waals surface area contributed by atoms with Gasteiger partial charge in [-0.15, -0.1) is 12.4 Å². The smallest absolute Gasteiger partial charge is 0.293 e. The minimum atomic E-state index is -0.477. The first kappa shape index (κ1) is 20.7. The zero-order valence-electron chi connectivity index (χ0n) is 15.0. The maximum atomic E-state index is 12.5. The third kappa shape index (κ3) is 5.18. The lowest BCUT2D eigenvalue weighted by molar-refractivity contribution is -0.383. The Labute approximate surface area is 164 Å². The Morgan fingerprint density at radius 1 is 1.22 bits per heavy atom. The highest BCUT2D eigenvalue weighted by Gasteiger charge is 2.24. The van der Waals surface area contributed by atoms with E-state index < -0.39 is 4.92 Å². The summed E-state index contributed by atoms with van der Waals surface area (Å²) in [7, 11) is 0. The number of nitro groups is 1. The predicted molar refractivity (Wildman–Crippen MR) is 108 cm³/mol. The second-order valence-corrected chi connectivity index (χ2v) is 6.53. The molecule has 0 aliphatic carbocycles. The number of nitro benzene ring substituents is 1. The molecule has 0 saturated carbocycles. The molecule has 3 rings (SSSR count). The monoisotopic (exact) mass is 390 g/mol. The number of para-hydroxylation sites is 1. The number of halogens is 1. The van der Waals surface area contributed by atoms with Gasteiger partial charge in [0.25, 0.3) is 11.6 Å². The van der Waals surface area contributed by atoms with Crippen LogP contribution in [0.15, 0.2) is 48.5 Å². The Morgan fingerprint density at radius 3 is 2.63 bits per heavy atom. The van der Waals surface area contributed by atoms with Crippen LogP contribution in [0.4, 0.5) is 17.1 Å². The Kier molecular flexibility index (Phi) is 7.15. The quantitative estimate of drug-likeness (QED) is 0.536. The summed E-state index contributed by atoms with van der Waals surface area (Å²) in [5.74, 6) is 0.0415. The Hall–Kier alpha value is -2.64. The van der Waals surface area contributed by atoms with Crippen LogP contribution in [0.2, 0.25) is 0 Å². The zero-order valence-corrected chi connectivity index (χ0v) is 15.8. The van der Waals surface area contributed by atoms with Crippen LogP contribution in [0, 0.1) is 16.0 Å². The van der Waals surface area contributed by atoms with Gasteiger partial charge >= 0.3 is 0 Å². The van der Waals surface area contributed by atoms with Crippen LogP contribution < -0.4 is 16.0 Å². The first-order chi connectivity index (χ1) is 12.5.